The maximum absolute atomic E-state index is 14.4. The second-order valence-corrected chi connectivity index (χ2v) is 9.54. The van der Waals surface area contributed by atoms with Gasteiger partial charge < -0.3 is 0 Å². The first-order chi connectivity index (χ1) is 14.1. The molecule has 2 saturated carbocycles. The van der Waals surface area contributed by atoms with Crippen molar-refractivity contribution in [1.29, 1.82) is 5.26 Å². The molecule has 0 aromatic heterocycles. The highest BCUT2D eigenvalue weighted by atomic mass is 19.2. The maximum Gasteiger partial charge on any atom is 0.176 e. The van der Waals surface area contributed by atoms with Crippen LogP contribution >= 0.6 is 0 Å². The van der Waals surface area contributed by atoms with E-state index in [4.69, 9.17) is 5.26 Å². The van der Waals surface area contributed by atoms with Gasteiger partial charge in [0.1, 0.15) is 6.07 Å². The van der Waals surface area contributed by atoms with E-state index in [9.17, 15) is 8.78 Å². The van der Waals surface area contributed by atoms with Gasteiger partial charge >= 0.3 is 0 Å². The van der Waals surface area contributed by atoms with Crippen LogP contribution < -0.4 is 0 Å². The molecule has 2 aliphatic rings. The summed E-state index contributed by atoms with van der Waals surface area (Å²) in [6, 6.07) is 4.79. The molecule has 29 heavy (non-hydrogen) atoms. The number of hydrogen-bond acceptors (Lipinski definition) is 1. The van der Waals surface area contributed by atoms with Gasteiger partial charge in [0.15, 0.2) is 11.6 Å². The summed E-state index contributed by atoms with van der Waals surface area (Å²) in [6.45, 7) is 2.27. The molecule has 0 amide bonds. The first-order valence-electron chi connectivity index (χ1n) is 12.0. The van der Waals surface area contributed by atoms with Gasteiger partial charge in [-0.1, -0.05) is 64.4 Å². The third-order valence-electron chi connectivity index (χ3n) is 7.72. The van der Waals surface area contributed by atoms with Crippen LogP contribution in [0.15, 0.2) is 12.1 Å². The fourth-order valence-electron chi connectivity index (χ4n) is 5.85. The molecule has 0 N–H and O–H groups in total. The molecule has 2 fully saturated rings. The van der Waals surface area contributed by atoms with E-state index in [2.05, 4.69) is 6.92 Å². The average molecular weight is 402 g/mol. The van der Waals surface area contributed by atoms with Crippen LogP contribution in [-0.2, 0) is 0 Å². The molecule has 0 radical (unpaired) electrons. The number of rotatable bonds is 8. The molecule has 0 bridgehead atoms. The van der Waals surface area contributed by atoms with Gasteiger partial charge in [0.05, 0.1) is 5.56 Å². The van der Waals surface area contributed by atoms with Gasteiger partial charge in [-0.2, -0.15) is 5.26 Å². The zero-order valence-corrected chi connectivity index (χ0v) is 18.1. The van der Waals surface area contributed by atoms with Gasteiger partial charge in [-0.15, -0.1) is 0 Å². The number of hydrogen-bond donors (Lipinski definition) is 0. The second-order valence-electron chi connectivity index (χ2n) is 9.54. The summed E-state index contributed by atoms with van der Waals surface area (Å²) in [5.74, 6) is 0.887. The first-order valence-corrected chi connectivity index (χ1v) is 12.0. The van der Waals surface area contributed by atoms with E-state index in [0.717, 1.165) is 43.4 Å². The zero-order valence-electron chi connectivity index (χ0n) is 18.1. The largest absolute Gasteiger partial charge is 0.203 e. The molecule has 160 valence electrons. The number of benzene rings is 1. The lowest BCUT2D eigenvalue weighted by Crippen LogP contribution is -2.25. The van der Waals surface area contributed by atoms with Gasteiger partial charge in [0, 0.05) is 0 Å². The van der Waals surface area contributed by atoms with Crippen LogP contribution in [0.1, 0.15) is 114 Å². The van der Waals surface area contributed by atoms with Crippen molar-refractivity contribution >= 4 is 0 Å². The molecule has 1 nitrogen and oxygen atoms in total. The molecule has 2 aliphatic carbocycles. The second kappa shape index (κ2) is 11.1. The molecule has 0 saturated heterocycles. The Morgan fingerprint density at radius 3 is 2.07 bits per heavy atom. The third kappa shape index (κ3) is 5.80. The van der Waals surface area contributed by atoms with Crippen molar-refractivity contribution in [3.8, 4) is 6.07 Å². The topological polar surface area (TPSA) is 23.8 Å². The summed E-state index contributed by atoms with van der Waals surface area (Å²) in [5.41, 5.74) is 0.286. The van der Waals surface area contributed by atoms with E-state index >= 15 is 0 Å². The molecule has 1 aromatic rings. The third-order valence-corrected chi connectivity index (χ3v) is 7.72. The van der Waals surface area contributed by atoms with Gasteiger partial charge in [-0.05, 0) is 73.8 Å². The Labute approximate surface area is 175 Å². The fraction of sp³-hybridized carbons (Fsp3) is 0.731. The van der Waals surface area contributed by atoms with E-state index in [1.165, 1.54) is 70.3 Å². The first kappa shape index (κ1) is 22.3. The van der Waals surface area contributed by atoms with Crippen LogP contribution in [0, 0.1) is 40.7 Å². The van der Waals surface area contributed by atoms with Crippen molar-refractivity contribution < 1.29 is 8.78 Å². The molecule has 0 atom stereocenters. The molecule has 0 spiro atoms. The molecular formula is C26H37F2N. The summed E-state index contributed by atoms with van der Waals surface area (Å²) in [5, 5.41) is 8.87. The lowest BCUT2D eigenvalue weighted by Gasteiger charge is -2.38. The van der Waals surface area contributed by atoms with Crippen molar-refractivity contribution in [3.05, 3.63) is 34.9 Å². The van der Waals surface area contributed by atoms with Crippen LogP contribution in [0.5, 0.6) is 0 Å². The highest BCUT2D eigenvalue weighted by Gasteiger charge is 2.32. The lowest BCUT2D eigenvalue weighted by molar-refractivity contribution is 0.155. The summed E-state index contributed by atoms with van der Waals surface area (Å²) in [4.78, 5) is 0. The zero-order chi connectivity index (χ0) is 20.6. The van der Waals surface area contributed by atoms with Gasteiger partial charge in [0.2, 0.25) is 0 Å². The smallest absolute Gasteiger partial charge is 0.176 e. The Balaban J connectivity index is 1.42. The van der Waals surface area contributed by atoms with Crippen molar-refractivity contribution in [2.24, 2.45) is 17.8 Å². The monoisotopic (exact) mass is 401 g/mol. The van der Waals surface area contributed by atoms with Crippen LogP contribution in [0.2, 0.25) is 0 Å². The van der Waals surface area contributed by atoms with E-state index in [1.54, 1.807) is 12.1 Å². The average Bonchev–Trinajstić information content (AvgIpc) is 2.76. The van der Waals surface area contributed by atoms with Gasteiger partial charge in [-0.25, -0.2) is 8.78 Å². The highest BCUT2D eigenvalue weighted by Crippen LogP contribution is 2.45. The predicted octanol–water partition coefficient (Wildman–Crippen LogP) is 8.28. The van der Waals surface area contributed by atoms with Crippen molar-refractivity contribution in [2.45, 2.75) is 103 Å². The molecule has 1 aromatic carbocycles. The van der Waals surface area contributed by atoms with Crippen LogP contribution in [0.25, 0.3) is 0 Å². The molecule has 0 heterocycles. The van der Waals surface area contributed by atoms with E-state index in [0.29, 0.717) is 5.56 Å². The Morgan fingerprint density at radius 2 is 1.45 bits per heavy atom. The minimum atomic E-state index is -0.972. The van der Waals surface area contributed by atoms with Crippen molar-refractivity contribution in [1.82, 2.24) is 0 Å². The van der Waals surface area contributed by atoms with Crippen molar-refractivity contribution in [3.63, 3.8) is 0 Å². The van der Waals surface area contributed by atoms with E-state index in [-0.39, 0.29) is 11.5 Å². The van der Waals surface area contributed by atoms with Crippen LogP contribution in [0.3, 0.4) is 0 Å². The summed E-state index contributed by atoms with van der Waals surface area (Å²) in [7, 11) is 0. The number of halogens is 2. The maximum atomic E-state index is 14.4. The van der Waals surface area contributed by atoms with E-state index in [1.807, 2.05) is 0 Å². The quantitative estimate of drug-likeness (QED) is 0.402. The normalized spacial score (nSPS) is 27.5. The number of nitriles is 1. The van der Waals surface area contributed by atoms with Gasteiger partial charge in [0.25, 0.3) is 0 Å². The fourth-order valence-corrected chi connectivity index (χ4v) is 5.85. The highest BCUT2D eigenvalue weighted by molar-refractivity contribution is 5.36. The minimum Gasteiger partial charge on any atom is -0.203 e. The Bertz CT molecular complexity index is 677. The van der Waals surface area contributed by atoms with Crippen LogP contribution in [-0.4, -0.2) is 0 Å². The minimum absolute atomic E-state index is 0.105. The summed E-state index contributed by atoms with van der Waals surface area (Å²) in [6.07, 6.45) is 18.0. The lowest BCUT2D eigenvalue weighted by atomic mass is 9.68. The predicted molar refractivity (Wildman–Crippen MR) is 115 cm³/mol. The Hall–Kier alpha value is -1.43. The molecule has 3 rings (SSSR count). The molecule has 0 aliphatic heterocycles. The van der Waals surface area contributed by atoms with Gasteiger partial charge in [-0.3, -0.25) is 0 Å². The standard InChI is InChI=1S/C26H37F2N/c1-2-3-4-5-6-7-19-8-10-20(11-9-19)21-12-14-22(15-13-21)24-17-16-23(18-29)25(27)26(24)28/h16-17,19-22H,2-15H2,1H3. The number of nitrogens with zero attached hydrogens (tertiary/aromatic N) is 1. The molecule has 3 heteroatoms. The Morgan fingerprint density at radius 1 is 0.828 bits per heavy atom. The van der Waals surface area contributed by atoms with Crippen molar-refractivity contribution in [2.75, 3.05) is 0 Å². The molecular weight excluding hydrogens is 364 g/mol. The summed E-state index contributed by atoms with van der Waals surface area (Å²) >= 11 is 0. The Kier molecular flexibility index (Phi) is 8.52. The van der Waals surface area contributed by atoms with Crippen LogP contribution in [0.4, 0.5) is 8.78 Å². The number of unbranched alkanes of at least 4 members (excludes halogenated alkanes) is 4. The molecule has 0 unspecified atom stereocenters. The summed E-state index contributed by atoms with van der Waals surface area (Å²) < 4.78 is 28.3. The van der Waals surface area contributed by atoms with E-state index < -0.39 is 11.6 Å². The SMILES string of the molecule is CCCCCCCC1CCC(C2CCC(c3ccc(C#N)c(F)c3F)CC2)CC1.